The summed E-state index contributed by atoms with van der Waals surface area (Å²) < 4.78 is 13.5. The minimum atomic E-state index is 0.849. The van der Waals surface area contributed by atoms with Gasteiger partial charge in [-0.1, -0.05) is 121 Å². The fourth-order valence-corrected chi connectivity index (χ4v) is 7.44. The Morgan fingerprint density at radius 1 is 0.347 bits per heavy atom. The number of hydrogen-bond donors (Lipinski definition) is 0. The van der Waals surface area contributed by atoms with Gasteiger partial charge in [-0.25, -0.2) is 0 Å². The second-order valence-corrected chi connectivity index (χ2v) is 12.5. The highest BCUT2D eigenvalue weighted by Crippen LogP contribution is 2.47. The molecule has 0 aliphatic heterocycles. The zero-order valence-electron chi connectivity index (χ0n) is 26.5. The minimum Gasteiger partial charge on any atom is -0.455 e. The molecule has 0 unspecified atom stereocenters. The summed E-state index contributed by atoms with van der Waals surface area (Å²) in [6.07, 6.45) is 0. The second-order valence-electron chi connectivity index (χ2n) is 12.5. The monoisotopic (exact) mass is 627 g/mol. The molecule has 0 radical (unpaired) electrons. The Bertz CT molecular complexity index is 2770. The summed E-state index contributed by atoms with van der Waals surface area (Å²) in [5.41, 5.74) is 11.3. The predicted molar refractivity (Wildman–Crippen MR) is 204 cm³/mol. The van der Waals surface area contributed by atoms with Crippen LogP contribution in [-0.4, -0.2) is 0 Å². The molecule has 10 aromatic rings. The molecule has 0 fully saturated rings. The maximum absolute atomic E-state index is 6.76. The molecule has 0 atom stereocenters. The first-order valence-electron chi connectivity index (χ1n) is 16.6. The summed E-state index contributed by atoms with van der Waals surface area (Å²) in [6, 6.07) is 61.8. The first kappa shape index (κ1) is 27.5. The number of benzene rings is 8. The molecule has 8 aromatic carbocycles. The highest BCUT2D eigenvalue weighted by molar-refractivity contribution is 6.24. The van der Waals surface area contributed by atoms with Crippen LogP contribution in [0, 0.1) is 0 Å². The number of fused-ring (bicyclic) bond motifs is 8. The smallest absolute Gasteiger partial charge is 0.143 e. The van der Waals surface area contributed by atoms with E-state index < -0.39 is 0 Å². The van der Waals surface area contributed by atoms with Gasteiger partial charge in [0.15, 0.2) is 0 Å². The Morgan fingerprint density at radius 2 is 0.959 bits per heavy atom. The lowest BCUT2D eigenvalue weighted by Crippen LogP contribution is -2.09. The van der Waals surface area contributed by atoms with Crippen molar-refractivity contribution in [2.75, 3.05) is 4.90 Å². The van der Waals surface area contributed by atoms with Crippen molar-refractivity contribution >= 4 is 71.7 Å². The largest absolute Gasteiger partial charge is 0.455 e. The van der Waals surface area contributed by atoms with Crippen molar-refractivity contribution in [3.8, 4) is 22.3 Å². The van der Waals surface area contributed by atoms with Gasteiger partial charge in [0.2, 0.25) is 0 Å². The van der Waals surface area contributed by atoms with E-state index in [4.69, 9.17) is 8.83 Å². The number of anilines is 3. The van der Waals surface area contributed by atoms with Crippen LogP contribution in [0.5, 0.6) is 0 Å². The number of rotatable bonds is 5. The van der Waals surface area contributed by atoms with E-state index in [2.05, 4.69) is 181 Å². The van der Waals surface area contributed by atoms with Gasteiger partial charge in [-0.05, 0) is 76.7 Å². The average molecular weight is 628 g/mol. The van der Waals surface area contributed by atoms with Gasteiger partial charge in [0.25, 0.3) is 0 Å². The van der Waals surface area contributed by atoms with Gasteiger partial charge < -0.3 is 13.7 Å². The van der Waals surface area contributed by atoms with Crippen LogP contribution in [0.3, 0.4) is 0 Å². The van der Waals surface area contributed by atoms with Gasteiger partial charge in [0, 0.05) is 38.5 Å². The van der Waals surface area contributed by atoms with E-state index in [1.807, 2.05) is 0 Å². The molecule has 0 N–H and O–H groups in total. The standard InChI is InChI=1S/C46H29NO2/c1-4-14-30(15-5-1)31-26-27-42-39(28-31)37-23-12-22-36(45(37)48-42)38-29-40-44-41(47(32-16-6-2-7-17-32)33-18-8-3-9-19-33)24-13-25-43(44)49-46(40)35-21-11-10-20-34(35)38/h1-29H. The highest BCUT2D eigenvalue weighted by Gasteiger charge is 2.23. The SMILES string of the molecule is c1ccc(-c2ccc3oc4c(-c5cc6c(oc7cccc(N(c8ccccc8)c8ccccc8)c76)c6ccccc56)cccc4c3c2)cc1. The number of para-hydroxylation sites is 3. The fourth-order valence-electron chi connectivity index (χ4n) is 7.44. The van der Waals surface area contributed by atoms with Crippen molar-refractivity contribution in [3.05, 3.63) is 176 Å². The van der Waals surface area contributed by atoms with E-state index in [0.29, 0.717) is 0 Å². The zero-order valence-corrected chi connectivity index (χ0v) is 26.5. The van der Waals surface area contributed by atoms with Gasteiger partial charge in [-0.2, -0.15) is 0 Å². The first-order chi connectivity index (χ1) is 24.3. The van der Waals surface area contributed by atoms with Crippen LogP contribution in [-0.2, 0) is 0 Å². The maximum Gasteiger partial charge on any atom is 0.143 e. The third-order valence-electron chi connectivity index (χ3n) is 9.64. The van der Waals surface area contributed by atoms with Crippen LogP contribution in [0.1, 0.15) is 0 Å². The van der Waals surface area contributed by atoms with Gasteiger partial charge >= 0.3 is 0 Å². The van der Waals surface area contributed by atoms with Crippen LogP contribution in [0.4, 0.5) is 17.1 Å². The van der Waals surface area contributed by atoms with E-state index in [9.17, 15) is 0 Å². The molecule has 2 heterocycles. The second kappa shape index (κ2) is 11.0. The van der Waals surface area contributed by atoms with Crippen molar-refractivity contribution in [1.29, 1.82) is 0 Å². The number of nitrogens with zero attached hydrogens (tertiary/aromatic N) is 1. The lowest BCUT2D eigenvalue weighted by atomic mass is 9.93. The van der Waals surface area contributed by atoms with E-state index >= 15 is 0 Å². The van der Waals surface area contributed by atoms with Crippen molar-refractivity contribution in [3.63, 3.8) is 0 Å². The quantitative estimate of drug-likeness (QED) is 0.190. The summed E-state index contributed by atoms with van der Waals surface area (Å²) in [7, 11) is 0. The van der Waals surface area contributed by atoms with Gasteiger partial charge in [0.1, 0.15) is 22.3 Å². The third kappa shape index (κ3) is 4.37. The Hall–Kier alpha value is -6.58. The molecule has 230 valence electrons. The predicted octanol–water partition coefficient (Wildman–Crippen LogP) is 13.4. The highest BCUT2D eigenvalue weighted by atomic mass is 16.3. The van der Waals surface area contributed by atoms with Crippen molar-refractivity contribution in [2.24, 2.45) is 0 Å². The Balaban J connectivity index is 1.26. The summed E-state index contributed by atoms with van der Waals surface area (Å²) in [5.74, 6) is 0. The maximum atomic E-state index is 6.76. The molecule has 2 aromatic heterocycles. The molecule has 0 aliphatic carbocycles. The zero-order chi connectivity index (χ0) is 32.3. The van der Waals surface area contributed by atoms with Crippen molar-refractivity contribution < 1.29 is 8.83 Å². The van der Waals surface area contributed by atoms with Crippen molar-refractivity contribution in [1.82, 2.24) is 0 Å². The summed E-state index contributed by atoms with van der Waals surface area (Å²) in [5, 5.41) is 6.55. The summed E-state index contributed by atoms with van der Waals surface area (Å²) in [6.45, 7) is 0. The molecule has 49 heavy (non-hydrogen) atoms. The van der Waals surface area contributed by atoms with Crippen molar-refractivity contribution in [2.45, 2.75) is 0 Å². The first-order valence-corrected chi connectivity index (χ1v) is 16.6. The Kier molecular flexibility index (Phi) is 6.18. The van der Waals surface area contributed by atoms with Gasteiger partial charge in [-0.3, -0.25) is 0 Å². The average Bonchev–Trinajstić information content (AvgIpc) is 3.75. The molecular formula is C46H29NO2. The van der Waals surface area contributed by atoms with Gasteiger partial charge in [0.05, 0.1) is 11.1 Å². The minimum absolute atomic E-state index is 0.849. The van der Waals surface area contributed by atoms with Crippen LogP contribution >= 0.6 is 0 Å². The van der Waals surface area contributed by atoms with Gasteiger partial charge in [-0.15, -0.1) is 0 Å². The van der Waals surface area contributed by atoms with Crippen LogP contribution in [0.2, 0.25) is 0 Å². The molecule has 10 rings (SSSR count). The Labute approximate surface area is 282 Å². The summed E-state index contributed by atoms with van der Waals surface area (Å²) in [4.78, 5) is 2.32. The molecule has 0 saturated heterocycles. The Morgan fingerprint density at radius 3 is 1.71 bits per heavy atom. The van der Waals surface area contributed by atoms with Crippen LogP contribution in [0.15, 0.2) is 185 Å². The van der Waals surface area contributed by atoms with E-state index in [-0.39, 0.29) is 0 Å². The molecule has 0 saturated carbocycles. The fraction of sp³-hybridized carbons (Fsp3) is 0. The summed E-state index contributed by atoms with van der Waals surface area (Å²) >= 11 is 0. The molecule has 0 bridgehead atoms. The van der Waals surface area contributed by atoms with E-state index in [0.717, 1.165) is 82.8 Å². The molecule has 0 amide bonds. The number of furan rings is 2. The van der Waals surface area contributed by atoms with E-state index in [1.54, 1.807) is 0 Å². The third-order valence-corrected chi connectivity index (χ3v) is 9.64. The molecular weight excluding hydrogens is 599 g/mol. The van der Waals surface area contributed by atoms with Crippen LogP contribution < -0.4 is 4.90 Å². The molecule has 3 nitrogen and oxygen atoms in total. The van der Waals surface area contributed by atoms with E-state index in [1.165, 1.54) is 11.1 Å². The number of hydrogen-bond acceptors (Lipinski definition) is 3. The lowest BCUT2D eigenvalue weighted by Gasteiger charge is -2.26. The lowest BCUT2D eigenvalue weighted by molar-refractivity contribution is 0.670. The molecule has 3 heteroatoms. The normalized spacial score (nSPS) is 11.7. The molecule has 0 spiro atoms. The molecule has 0 aliphatic rings. The topological polar surface area (TPSA) is 29.5 Å². The van der Waals surface area contributed by atoms with Crippen LogP contribution in [0.25, 0.3) is 76.9 Å².